The number of pyridine rings is 1. The Morgan fingerprint density at radius 3 is 2.56 bits per heavy atom. The van der Waals surface area contributed by atoms with Gasteiger partial charge in [-0.15, -0.1) is 0 Å². The fraction of sp³-hybridized carbons (Fsp3) is 0.0909. The van der Waals surface area contributed by atoms with Gasteiger partial charge in [0.15, 0.2) is 0 Å². The molecule has 0 unspecified atom stereocenters. The summed E-state index contributed by atoms with van der Waals surface area (Å²) < 4.78 is 37.3. The molecule has 0 bridgehead atoms. The molecule has 0 fully saturated rings. The number of nitriles is 1. The largest absolute Gasteiger partial charge is 0.457 e. The predicted octanol–water partition coefficient (Wildman–Crippen LogP) is 4.78. The van der Waals surface area contributed by atoms with E-state index in [0.717, 1.165) is 28.5 Å². The minimum absolute atomic E-state index is 0.00893. The number of nitrogens with zero attached hydrogens (tertiary/aromatic N) is 5. The van der Waals surface area contributed by atoms with E-state index >= 15 is 0 Å². The molecule has 0 saturated heterocycles. The van der Waals surface area contributed by atoms with E-state index in [1.807, 2.05) is 31.1 Å². The second-order valence-corrected chi connectivity index (χ2v) is 10.0. The van der Waals surface area contributed by atoms with Gasteiger partial charge in [0.2, 0.25) is 11.0 Å². The number of ether oxygens (including phenoxy) is 1. The summed E-state index contributed by atoms with van der Waals surface area (Å²) in [5.41, 5.74) is 1.63. The summed E-state index contributed by atoms with van der Waals surface area (Å²) in [4.78, 5) is 10.0. The van der Waals surface area contributed by atoms with Gasteiger partial charge in [-0.3, -0.25) is 4.72 Å². The number of aromatic nitrogens is 3. The highest BCUT2D eigenvalue weighted by molar-refractivity contribution is 7.93. The Bertz CT molecular complexity index is 1480. The summed E-state index contributed by atoms with van der Waals surface area (Å²) in [6, 6.07) is 16.7. The Labute approximate surface area is 205 Å². The van der Waals surface area contributed by atoms with Crippen LogP contribution >= 0.6 is 23.1 Å². The van der Waals surface area contributed by atoms with E-state index in [4.69, 9.17) is 21.6 Å². The molecule has 0 saturated carbocycles. The van der Waals surface area contributed by atoms with Gasteiger partial charge in [0.05, 0.1) is 4.90 Å². The number of nitrogens with one attached hydrogen (secondary N) is 1. The second-order valence-electron chi connectivity index (χ2n) is 7.15. The van der Waals surface area contributed by atoms with Gasteiger partial charge in [-0.1, -0.05) is 11.6 Å². The molecule has 2 heterocycles. The van der Waals surface area contributed by atoms with Crippen molar-refractivity contribution in [3.63, 3.8) is 0 Å². The van der Waals surface area contributed by atoms with Crippen LogP contribution in [0, 0.1) is 11.3 Å². The first kappa shape index (κ1) is 23.4. The van der Waals surface area contributed by atoms with Crippen molar-refractivity contribution in [1.82, 2.24) is 14.3 Å². The molecule has 0 amide bonds. The summed E-state index contributed by atoms with van der Waals surface area (Å²) in [5, 5.41) is 9.35. The second kappa shape index (κ2) is 9.64. The van der Waals surface area contributed by atoms with E-state index in [1.54, 1.807) is 42.6 Å². The lowest BCUT2D eigenvalue weighted by Gasteiger charge is -2.15. The standard InChI is InChI=1S/C22H17ClN6O3S2/c1-29(2)21-11-14(9-10-25-21)18-12-15(23)3-8-19(18)32-16-4-6-17(7-5-16)34(30,31)28-22-26-20(13-24)27-33-22/h3-12H,1-2H3,(H,26,27,28). The number of hydrogen-bond acceptors (Lipinski definition) is 9. The third-order valence-electron chi connectivity index (χ3n) is 4.57. The zero-order valence-electron chi connectivity index (χ0n) is 17.9. The molecule has 172 valence electrons. The van der Waals surface area contributed by atoms with Crippen molar-refractivity contribution in [2.24, 2.45) is 0 Å². The lowest BCUT2D eigenvalue weighted by atomic mass is 10.1. The minimum atomic E-state index is -3.90. The Kier molecular flexibility index (Phi) is 6.65. The lowest BCUT2D eigenvalue weighted by molar-refractivity contribution is 0.484. The van der Waals surface area contributed by atoms with Crippen molar-refractivity contribution in [2.45, 2.75) is 4.90 Å². The van der Waals surface area contributed by atoms with Crippen molar-refractivity contribution in [3.8, 4) is 28.7 Å². The number of sulfonamides is 1. The van der Waals surface area contributed by atoms with Gasteiger partial charge in [-0.2, -0.15) is 14.6 Å². The molecule has 0 radical (unpaired) electrons. The summed E-state index contributed by atoms with van der Waals surface area (Å²) in [5.74, 6) is 1.67. The van der Waals surface area contributed by atoms with Gasteiger partial charge < -0.3 is 9.64 Å². The van der Waals surface area contributed by atoms with Crippen LogP contribution in [-0.2, 0) is 10.0 Å². The minimum Gasteiger partial charge on any atom is -0.457 e. The molecule has 0 atom stereocenters. The third-order valence-corrected chi connectivity index (χ3v) is 6.92. The van der Waals surface area contributed by atoms with Crippen LogP contribution < -0.4 is 14.4 Å². The molecule has 2 aromatic carbocycles. The van der Waals surface area contributed by atoms with Crippen molar-refractivity contribution < 1.29 is 13.2 Å². The maximum atomic E-state index is 12.6. The fourth-order valence-corrected chi connectivity index (χ4v) is 4.87. The monoisotopic (exact) mass is 512 g/mol. The van der Waals surface area contributed by atoms with Crippen LogP contribution in [0.3, 0.4) is 0 Å². The van der Waals surface area contributed by atoms with Gasteiger partial charge in [-0.05, 0) is 60.2 Å². The van der Waals surface area contributed by atoms with Gasteiger partial charge in [0.25, 0.3) is 10.0 Å². The molecule has 2 aromatic heterocycles. The first-order valence-electron chi connectivity index (χ1n) is 9.73. The number of hydrogen-bond donors (Lipinski definition) is 1. The third kappa shape index (κ3) is 5.26. The Balaban J connectivity index is 1.58. The van der Waals surface area contributed by atoms with Crippen LogP contribution in [-0.4, -0.2) is 36.9 Å². The number of halogens is 1. The maximum absolute atomic E-state index is 12.6. The van der Waals surface area contributed by atoms with Crippen molar-refractivity contribution in [1.29, 1.82) is 5.26 Å². The topological polar surface area (TPSA) is 121 Å². The lowest BCUT2D eigenvalue weighted by Crippen LogP contribution is -2.12. The molecule has 1 N–H and O–H groups in total. The highest BCUT2D eigenvalue weighted by Crippen LogP contribution is 2.36. The molecule has 0 spiro atoms. The quantitative estimate of drug-likeness (QED) is 0.375. The molecule has 0 aliphatic rings. The Morgan fingerprint density at radius 1 is 1.12 bits per heavy atom. The van der Waals surface area contributed by atoms with Crippen molar-refractivity contribution in [3.05, 3.63) is 71.6 Å². The van der Waals surface area contributed by atoms with Gasteiger partial charge in [-0.25, -0.2) is 13.4 Å². The van der Waals surface area contributed by atoms with E-state index in [-0.39, 0.29) is 15.9 Å². The molecule has 9 nitrogen and oxygen atoms in total. The molecule has 34 heavy (non-hydrogen) atoms. The smallest absolute Gasteiger partial charge is 0.263 e. The summed E-state index contributed by atoms with van der Waals surface area (Å²) in [6.45, 7) is 0. The Morgan fingerprint density at radius 2 is 1.88 bits per heavy atom. The SMILES string of the molecule is CN(C)c1cc(-c2cc(Cl)ccc2Oc2ccc(S(=O)(=O)Nc3nc(C#N)ns3)cc2)ccn1. The van der Waals surface area contributed by atoms with Gasteiger partial charge in [0, 0.05) is 42.4 Å². The number of rotatable bonds is 7. The molecule has 0 aliphatic carbocycles. The average Bonchev–Trinajstić information content (AvgIpc) is 3.27. The van der Waals surface area contributed by atoms with E-state index in [2.05, 4.69) is 19.1 Å². The highest BCUT2D eigenvalue weighted by atomic mass is 35.5. The van der Waals surface area contributed by atoms with E-state index < -0.39 is 10.0 Å². The van der Waals surface area contributed by atoms with Crippen molar-refractivity contribution in [2.75, 3.05) is 23.7 Å². The summed E-state index contributed by atoms with van der Waals surface area (Å²) in [7, 11) is -0.0992. The van der Waals surface area contributed by atoms with Crippen LogP contribution in [0.15, 0.2) is 65.7 Å². The average molecular weight is 513 g/mol. The van der Waals surface area contributed by atoms with Crippen LogP contribution in [0.25, 0.3) is 11.1 Å². The zero-order valence-corrected chi connectivity index (χ0v) is 20.3. The van der Waals surface area contributed by atoms with Gasteiger partial charge in [0.1, 0.15) is 23.4 Å². The molecule has 0 aliphatic heterocycles. The molecular formula is C22H17ClN6O3S2. The van der Waals surface area contributed by atoms with Gasteiger partial charge >= 0.3 is 0 Å². The van der Waals surface area contributed by atoms with Crippen LogP contribution in [0.1, 0.15) is 5.82 Å². The predicted molar refractivity (Wildman–Crippen MR) is 131 cm³/mol. The van der Waals surface area contributed by atoms with Crippen LogP contribution in [0.2, 0.25) is 5.02 Å². The summed E-state index contributed by atoms with van der Waals surface area (Å²) in [6.07, 6.45) is 1.71. The van der Waals surface area contributed by atoms with E-state index in [9.17, 15) is 8.42 Å². The van der Waals surface area contributed by atoms with Crippen molar-refractivity contribution >= 4 is 44.1 Å². The first-order valence-corrected chi connectivity index (χ1v) is 12.4. The molecule has 12 heteroatoms. The van der Waals surface area contributed by atoms with Crippen LogP contribution in [0.4, 0.5) is 10.9 Å². The summed E-state index contributed by atoms with van der Waals surface area (Å²) >= 11 is 7.03. The first-order chi connectivity index (χ1) is 16.2. The van der Waals surface area contributed by atoms with E-state index in [0.29, 0.717) is 16.5 Å². The normalized spacial score (nSPS) is 11.0. The number of anilines is 2. The molecule has 4 rings (SSSR count). The zero-order chi connectivity index (χ0) is 24.3. The Hall–Kier alpha value is -3.72. The van der Waals surface area contributed by atoms with Crippen LogP contribution in [0.5, 0.6) is 11.5 Å². The molecular weight excluding hydrogens is 496 g/mol. The molecule has 4 aromatic rings. The fourth-order valence-electron chi connectivity index (χ4n) is 2.95. The maximum Gasteiger partial charge on any atom is 0.263 e. The highest BCUT2D eigenvalue weighted by Gasteiger charge is 2.17. The number of benzene rings is 2. The van der Waals surface area contributed by atoms with E-state index in [1.165, 1.54) is 12.1 Å².